The van der Waals surface area contributed by atoms with Crippen molar-refractivity contribution in [1.82, 2.24) is 9.80 Å². The minimum absolute atomic E-state index is 0.389. The van der Waals surface area contributed by atoms with E-state index in [-0.39, 0.29) is 0 Å². The standard InChI is InChI=1S/C14H24N4O3/c1-14(2,3)21-13(20)18-9-8-17(7-5-4-6-15)10-11(18)12(16)19/h11H,4-5,7-10H2,1-3H3,(H2,16,19). The average Bonchev–Trinajstić information content (AvgIpc) is 2.36. The molecular weight excluding hydrogens is 272 g/mol. The first-order chi connectivity index (χ1) is 9.74. The van der Waals surface area contributed by atoms with Gasteiger partial charge in [-0.05, 0) is 33.7 Å². The van der Waals surface area contributed by atoms with Crippen LogP contribution in [0.5, 0.6) is 0 Å². The minimum Gasteiger partial charge on any atom is -0.444 e. The van der Waals surface area contributed by atoms with Crippen LogP contribution < -0.4 is 5.73 Å². The summed E-state index contributed by atoms with van der Waals surface area (Å²) in [5.41, 5.74) is 4.80. The second-order valence-corrected chi connectivity index (χ2v) is 6.15. The fourth-order valence-electron chi connectivity index (χ4n) is 2.21. The zero-order valence-electron chi connectivity index (χ0n) is 13.0. The fraction of sp³-hybridized carbons (Fsp3) is 0.786. The summed E-state index contributed by atoms with van der Waals surface area (Å²) in [4.78, 5) is 27.2. The Kier molecular flexibility index (Phi) is 5.97. The van der Waals surface area contributed by atoms with E-state index in [1.807, 2.05) is 4.90 Å². The van der Waals surface area contributed by atoms with Crippen molar-refractivity contribution >= 4 is 12.0 Å². The van der Waals surface area contributed by atoms with Crippen LogP contribution in [-0.4, -0.2) is 59.6 Å². The molecule has 1 heterocycles. The Hall–Kier alpha value is -1.81. The van der Waals surface area contributed by atoms with Gasteiger partial charge >= 0.3 is 6.09 Å². The monoisotopic (exact) mass is 296 g/mol. The molecule has 0 aromatic heterocycles. The molecular formula is C14H24N4O3. The van der Waals surface area contributed by atoms with E-state index < -0.39 is 23.6 Å². The topological polar surface area (TPSA) is 99.7 Å². The Morgan fingerprint density at radius 2 is 2.05 bits per heavy atom. The smallest absolute Gasteiger partial charge is 0.411 e. The Labute approximate surface area is 125 Å². The lowest BCUT2D eigenvalue weighted by molar-refractivity contribution is -0.125. The van der Waals surface area contributed by atoms with E-state index in [1.54, 1.807) is 20.8 Å². The van der Waals surface area contributed by atoms with E-state index in [4.69, 9.17) is 15.7 Å². The maximum atomic E-state index is 12.1. The molecule has 0 aliphatic carbocycles. The normalized spacial score (nSPS) is 19.9. The predicted molar refractivity (Wildman–Crippen MR) is 77.2 cm³/mol. The van der Waals surface area contributed by atoms with Crippen LogP contribution in [0.15, 0.2) is 0 Å². The molecule has 118 valence electrons. The van der Waals surface area contributed by atoms with Gasteiger partial charge in [-0.3, -0.25) is 14.6 Å². The van der Waals surface area contributed by atoms with Crippen molar-refractivity contribution < 1.29 is 14.3 Å². The number of primary amides is 1. The van der Waals surface area contributed by atoms with Crippen molar-refractivity contribution in [2.75, 3.05) is 26.2 Å². The van der Waals surface area contributed by atoms with E-state index in [0.29, 0.717) is 26.1 Å². The van der Waals surface area contributed by atoms with Gasteiger partial charge < -0.3 is 10.5 Å². The van der Waals surface area contributed by atoms with Crippen LogP contribution in [0.4, 0.5) is 4.79 Å². The van der Waals surface area contributed by atoms with Gasteiger partial charge in [-0.25, -0.2) is 4.79 Å². The third-order valence-electron chi connectivity index (χ3n) is 3.18. The Bertz CT molecular complexity index is 425. The van der Waals surface area contributed by atoms with E-state index in [0.717, 1.165) is 13.0 Å². The van der Waals surface area contributed by atoms with Crippen molar-refractivity contribution in [2.24, 2.45) is 5.73 Å². The molecule has 1 aliphatic heterocycles. The Morgan fingerprint density at radius 1 is 1.38 bits per heavy atom. The summed E-state index contributed by atoms with van der Waals surface area (Å²) in [5, 5.41) is 8.55. The van der Waals surface area contributed by atoms with E-state index in [2.05, 4.69) is 6.07 Å². The third-order valence-corrected chi connectivity index (χ3v) is 3.18. The molecule has 7 heteroatoms. The number of piperazine rings is 1. The second-order valence-electron chi connectivity index (χ2n) is 6.15. The van der Waals surface area contributed by atoms with Crippen LogP contribution in [0, 0.1) is 11.3 Å². The third kappa shape index (κ3) is 5.60. The summed E-state index contributed by atoms with van der Waals surface area (Å²) in [5.74, 6) is -0.536. The number of amides is 2. The zero-order chi connectivity index (χ0) is 16.0. The number of hydrogen-bond acceptors (Lipinski definition) is 5. The molecule has 1 aliphatic rings. The number of ether oxygens (including phenoxy) is 1. The van der Waals surface area contributed by atoms with Gasteiger partial charge in [0.15, 0.2) is 0 Å². The maximum absolute atomic E-state index is 12.1. The predicted octanol–water partition coefficient (Wildman–Crippen LogP) is 0.697. The van der Waals surface area contributed by atoms with E-state index in [1.165, 1.54) is 4.90 Å². The second kappa shape index (κ2) is 7.27. The molecule has 0 aromatic rings. The van der Waals surface area contributed by atoms with Gasteiger partial charge in [0.1, 0.15) is 11.6 Å². The first kappa shape index (κ1) is 17.2. The molecule has 7 nitrogen and oxygen atoms in total. The maximum Gasteiger partial charge on any atom is 0.411 e. The summed E-state index contributed by atoms with van der Waals surface area (Å²) in [7, 11) is 0. The summed E-state index contributed by atoms with van der Waals surface area (Å²) in [6.45, 7) is 7.50. The quantitative estimate of drug-likeness (QED) is 0.770. The van der Waals surface area contributed by atoms with Crippen LogP contribution in [0.25, 0.3) is 0 Å². The van der Waals surface area contributed by atoms with Crippen molar-refractivity contribution in [3.63, 3.8) is 0 Å². The molecule has 1 rings (SSSR count). The van der Waals surface area contributed by atoms with Gasteiger partial charge in [-0.15, -0.1) is 0 Å². The molecule has 0 aromatic carbocycles. The first-order valence-corrected chi connectivity index (χ1v) is 7.13. The zero-order valence-corrected chi connectivity index (χ0v) is 13.0. The van der Waals surface area contributed by atoms with Crippen LogP contribution in [0.2, 0.25) is 0 Å². The Morgan fingerprint density at radius 3 is 2.57 bits per heavy atom. The molecule has 1 atom stereocenters. The number of hydrogen-bond donors (Lipinski definition) is 1. The van der Waals surface area contributed by atoms with Crippen molar-refractivity contribution in [1.29, 1.82) is 5.26 Å². The Balaban J connectivity index is 2.65. The highest BCUT2D eigenvalue weighted by Gasteiger charge is 2.36. The number of carbonyl (C=O) groups excluding carboxylic acids is 2. The summed E-state index contributed by atoms with van der Waals surface area (Å²) in [6.07, 6.45) is 0.713. The average molecular weight is 296 g/mol. The number of nitriles is 1. The number of carbonyl (C=O) groups is 2. The van der Waals surface area contributed by atoms with Crippen LogP contribution in [0.1, 0.15) is 33.6 Å². The van der Waals surface area contributed by atoms with Crippen molar-refractivity contribution in [3.8, 4) is 6.07 Å². The molecule has 21 heavy (non-hydrogen) atoms. The van der Waals surface area contributed by atoms with Gasteiger partial charge in [0.25, 0.3) is 0 Å². The molecule has 0 saturated carbocycles. The van der Waals surface area contributed by atoms with E-state index in [9.17, 15) is 9.59 Å². The van der Waals surface area contributed by atoms with Crippen LogP contribution in [0.3, 0.4) is 0 Å². The van der Waals surface area contributed by atoms with Gasteiger partial charge in [-0.1, -0.05) is 0 Å². The number of nitrogens with zero attached hydrogens (tertiary/aromatic N) is 3. The van der Waals surface area contributed by atoms with Gasteiger partial charge in [0.2, 0.25) is 5.91 Å². The molecule has 0 spiro atoms. The van der Waals surface area contributed by atoms with Crippen LogP contribution in [-0.2, 0) is 9.53 Å². The molecule has 2 amide bonds. The van der Waals surface area contributed by atoms with E-state index >= 15 is 0 Å². The molecule has 1 fully saturated rings. The molecule has 2 N–H and O–H groups in total. The lowest BCUT2D eigenvalue weighted by atomic mass is 10.1. The summed E-state index contributed by atoms with van der Waals surface area (Å²) >= 11 is 0. The molecule has 0 bridgehead atoms. The first-order valence-electron chi connectivity index (χ1n) is 7.13. The fourth-order valence-corrected chi connectivity index (χ4v) is 2.21. The number of rotatable bonds is 4. The minimum atomic E-state index is -0.685. The number of unbranched alkanes of at least 4 members (excludes halogenated alkanes) is 1. The lowest BCUT2D eigenvalue weighted by Gasteiger charge is -2.40. The van der Waals surface area contributed by atoms with Crippen molar-refractivity contribution in [2.45, 2.75) is 45.3 Å². The highest BCUT2D eigenvalue weighted by molar-refractivity contribution is 5.84. The van der Waals surface area contributed by atoms with Gasteiger partial charge in [-0.2, -0.15) is 5.26 Å². The highest BCUT2D eigenvalue weighted by atomic mass is 16.6. The lowest BCUT2D eigenvalue weighted by Crippen LogP contribution is -2.60. The number of nitrogens with two attached hydrogens (primary N) is 1. The van der Waals surface area contributed by atoms with Gasteiger partial charge in [0.05, 0.1) is 6.07 Å². The van der Waals surface area contributed by atoms with Gasteiger partial charge in [0, 0.05) is 26.1 Å². The van der Waals surface area contributed by atoms with Crippen LogP contribution >= 0.6 is 0 Å². The largest absolute Gasteiger partial charge is 0.444 e. The molecule has 0 radical (unpaired) electrons. The molecule has 1 saturated heterocycles. The highest BCUT2D eigenvalue weighted by Crippen LogP contribution is 2.16. The summed E-state index contributed by atoms with van der Waals surface area (Å²) < 4.78 is 5.31. The SMILES string of the molecule is CC(C)(C)OC(=O)N1CCN(CCCC#N)CC1C(N)=O. The van der Waals surface area contributed by atoms with Crippen molar-refractivity contribution in [3.05, 3.63) is 0 Å². The summed E-state index contributed by atoms with van der Waals surface area (Å²) in [6, 6.07) is 1.41. The molecule has 1 unspecified atom stereocenters.